The van der Waals surface area contributed by atoms with Crippen LogP contribution in [0, 0.1) is 13.8 Å². The summed E-state index contributed by atoms with van der Waals surface area (Å²) in [5.74, 6) is 1.56. The fourth-order valence-corrected chi connectivity index (χ4v) is 2.57. The van der Waals surface area contributed by atoms with Gasteiger partial charge in [-0.15, -0.1) is 0 Å². The molecule has 0 bridgehead atoms. The highest BCUT2D eigenvalue weighted by atomic mass is 35.5. The number of rotatable bonds is 4. The number of likely N-dealkylation sites (tertiary alicyclic amines) is 1. The topological polar surface area (TPSA) is 58.1 Å². The average molecular weight is 297 g/mol. The summed E-state index contributed by atoms with van der Waals surface area (Å²) in [5.41, 5.74) is 0.822. The fourth-order valence-electron chi connectivity index (χ4n) is 2.36. The summed E-state index contributed by atoms with van der Waals surface area (Å²) in [6.45, 7) is 6.04. The van der Waals surface area contributed by atoms with E-state index in [-0.39, 0.29) is 5.91 Å². The number of aromatic nitrogens is 2. The molecule has 1 aliphatic rings. The quantitative estimate of drug-likeness (QED) is 0.868. The number of amides is 1. The largest absolute Gasteiger partial charge is 0.369 e. The molecule has 0 radical (unpaired) electrons. The van der Waals surface area contributed by atoms with E-state index >= 15 is 0 Å². The van der Waals surface area contributed by atoms with Crippen molar-refractivity contribution >= 4 is 23.3 Å². The van der Waals surface area contributed by atoms with Gasteiger partial charge in [-0.25, -0.2) is 9.97 Å². The molecule has 20 heavy (non-hydrogen) atoms. The number of piperidine rings is 1. The molecule has 0 atom stereocenters. The van der Waals surface area contributed by atoms with E-state index in [4.69, 9.17) is 11.6 Å². The van der Waals surface area contributed by atoms with Crippen LogP contribution in [0.3, 0.4) is 0 Å². The third-order valence-corrected chi connectivity index (χ3v) is 3.91. The number of carbonyl (C=O) groups excluding carboxylic acids is 1. The minimum Gasteiger partial charge on any atom is -0.369 e. The molecule has 1 aliphatic heterocycles. The molecule has 1 aromatic heterocycles. The third-order valence-electron chi connectivity index (χ3n) is 3.54. The predicted molar refractivity (Wildman–Crippen MR) is 80.1 cm³/mol. The Morgan fingerprint density at radius 2 is 1.95 bits per heavy atom. The van der Waals surface area contributed by atoms with Gasteiger partial charge in [0.25, 0.3) is 0 Å². The molecule has 2 rings (SSSR count). The lowest BCUT2D eigenvalue weighted by molar-refractivity contribution is -0.131. The second-order valence-corrected chi connectivity index (χ2v) is 5.51. The van der Waals surface area contributed by atoms with Crippen molar-refractivity contribution in [2.45, 2.75) is 39.5 Å². The summed E-state index contributed by atoms with van der Waals surface area (Å²) in [7, 11) is 0. The second kappa shape index (κ2) is 6.88. The van der Waals surface area contributed by atoms with E-state index in [1.54, 1.807) is 6.92 Å². The third kappa shape index (κ3) is 3.82. The van der Waals surface area contributed by atoms with E-state index in [1.807, 2.05) is 11.8 Å². The molecule has 0 unspecified atom stereocenters. The highest BCUT2D eigenvalue weighted by molar-refractivity contribution is 6.30. The van der Waals surface area contributed by atoms with Crippen molar-refractivity contribution in [3.05, 3.63) is 16.5 Å². The first-order valence-electron chi connectivity index (χ1n) is 7.10. The van der Waals surface area contributed by atoms with Gasteiger partial charge in [0.05, 0.1) is 0 Å². The van der Waals surface area contributed by atoms with Crippen LogP contribution in [0.15, 0.2) is 0 Å². The van der Waals surface area contributed by atoms with Gasteiger partial charge in [0, 0.05) is 31.6 Å². The van der Waals surface area contributed by atoms with Crippen LogP contribution >= 0.6 is 11.6 Å². The molecule has 5 nitrogen and oxygen atoms in total. The van der Waals surface area contributed by atoms with Crippen LogP contribution in [0.1, 0.15) is 37.1 Å². The van der Waals surface area contributed by atoms with Gasteiger partial charge in [0.15, 0.2) is 0 Å². The lowest BCUT2D eigenvalue weighted by Gasteiger charge is -2.26. The molecule has 1 saturated heterocycles. The minimum absolute atomic E-state index is 0.215. The highest BCUT2D eigenvalue weighted by Crippen LogP contribution is 2.19. The first kappa shape index (κ1) is 15.0. The van der Waals surface area contributed by atoms with Crippen LogP contribution in [0.5, 0.6) is 0 Å². The molecule has 1 aromatic rings. The van der Waals surface area contributed by atoms with Gasteiger partial charge >= 0.3 is 0 Å². The summed E-state index contributed by atoms with van der Waals surface area (Å²) in [6.07, 6.45) is 3.97. The van der Waals surface area contributed by atoms with E-state index in [9.17, 15) is 4.79 Å². The average Bonchev–Trinajstić information content (AvgIpc) is 2.44. The summed E-state index contributed by atoms with van der Waals surface area (Å²) >= 11 is 6.02. The Kier molecular flexibility index (Phi) is 5.17. The predicted octanol–water partition coefficient (Wildman–Crippen LogP) is 2.56. The van der Waals surface area contributed by atoms with Crippen LogP contribution in [0.2, 0.25) is 5.15 Å². The van der Waals surface area contributed by atoms with Gasteiger partial charge < -0.3 is 10.2 Å². The van der Waals surface area contributed by atoms with Crippen LogP contribution < -0.4 is 5.32 Å². The number of hydrogen-bond acceptors (Lipinski definition) is 4. The first-order chi connectivity index (χ1) is 9.58. The Balaban J connectivity index is 1.85. The monoisotopic (exact) mass is 296 g/mol. The molecule has 110 valence electrons. The van der Waals surface area contributed by atoms with Crippen LogP contribution in [0.4, 0.5) is 5.82 Å². The van der Waals surface area contributed by atoms with Crippen molar-refractivity contribution in [1.29, 1.82) is 0 Å². The molecule has 6 heteroatoms. The van der Waals surface area contributed by atoms with Crippen LogP contribution in [0.25, 0.3) is 0 Å². The van der Waals surface area contributed by atoms with Gasteiger partial charge in [0.1, 0.15) is 16.8 Å². The van der Waals surface area contributed by atoms with E-state index in [0.717, 1.165) is 31.5 Å². The van der Waals surface area contributed by atoms with E-state index < -0.39 is 0 Å². The standard InChI is InChI=1S/C14H21ClN4O/c1-10-13(15)17-11(2)18-14(10)16-7-6-12(20)19-8-4-3-5-9-19/h3-9H2,1-2H3,(H,16,17,18). The lowest BCUT2D eigenvalue weighted by atomic mass is 10.1. The number of carbonyl (C=O) groups is 1. The normalized spacial score (nSPS) is 15.2. The summed E-state index contributed by atoms with van der Waals surface area (Å²) < 4.78 is 0. The molecule has 0 aromatic carbocycles. The number of aryl methyl sites for hydroxylation is 1. The summed E-state index contributed by atoms with van der Waals surface area (Å²) in [4.78, 5) is 22.4. The highest BCUT2D eigenvalue weighted by Gasteiger charge is 2.16. The van der Waals surface area contributed by atoms with Crippen molar-refractivity contribution in [3.8, 4) is 0 Å². The minimum atomic E-state index is 0.215. The van der Waals surface area contributed by atoms with Crippen molar-refractivity contribution in [3.63, 3.8) is 0 Å². The number of nitrogens with one attached hydrogen (secondary N) is 1. The van der Waals surface area contributed by atoms with Gasteiger partial charge in [-0.3, -0.25) is 4.79 Å². The smallest absolute Gasteiger partial charge is 0.224 e. The SMILES string of the molecule is Cc1nc(Cl)c(C)c(NCCC(=O)N2CCCCC2)n1. The van der Waals surface area contributed by atoms with Crippen molar-refractivity contribution in [1.82, 2.24) is 14.9 Å². The van der Waals surface area contributed by atoms with Gasteiger partial charge in [0.2, 0.25) is 5.91 Å². The Hall–Kier alpha value is -1.36. The summed E-state index contributed by atoms with van der Waals surface area (Å²) in [6, 6.07) is 0. The molecule has 1 fully saturated rings. The van der Waals surface area contributed by atoms with Gasteiger partial charge in [-0.2, -0.15) is 0 Å². The van der Waals surface area contributed by atoms with E-state index in [0.29, 0.717) is 29.8 Å². The number of hydrogen-bond donors (Lipinski definition) is 1. The molecular weight excluding hydrogens is 276 g/mol. The molecule has 0 saturated carbocycles. The maximum atomic E-state index is 12.0. The molecule has 1 N–H and O–H groups in total. The first-order valence-corrected chi connectivity index (χ1v) is 7.48. The number of nitrogens with zero attached hydrogens (tertiary/aromatic N) is 3. The van der Waals surface area contributed by atoms with E-state index in [1.165, 1.54) is 6.42 Å². The van der Waals surface area contributed by atoms with E-state index in [2.05, 4.69) is 15.3 Å². The molecule has 1 amide bonds. The second-order valence-electron chi connectivity index (χ2n) is 5.15. The fraction of sp³-hybridized carbons (Fsp3) is 0.643. The van der Waals surface area contributed by atoms with Crippen LogP contribution in [-0.2, 0) is 4.79 Å². The van der Waals surface area contributed by atoms with Gasteiger partial charge in [-0.1, -0.05) is 11.6 Å². The van der Waals surface area contributed by atoms with Crippen molar-refractivity contribution in [2.24, 2.45) is 0 Å². The number of anilines is 1. The lowest BCUT2D eigenvalue weighted by Crippen LogP contribution is -2.36. The Bertz CT molecular complexity index is 486. The molecule has 2 heterocycles. The number of halogens is 1. The van der Waals surface area contributed by atoms with Crippen molar-refractivity contribution in [2.75, 3.05) is 25.0 Å². The van der Waals surface area contributed by atoms with Gasteiger partial charge in [-0.05, 0) is 33.1 Å². The maximum Gasteiger partial charge on any atom is 0.224 e. The zero-order chi connectivity index (χ0) is 14.5. The Morgan fingerprint density at radius 3 is 2.65 bits per heavy atom. The Labute approximate surface area is 124 Å². The molecular formula is C14H21ClN4O. The zero-order valence-corrected chi connectivity index (χ0v) is 12.8. The maximum absolute atomic E-state index is 12.0. The molecule has 0 aliphatic carbocycles. The summed E-state index contributed by atoms with van der Waals surface area (Å²) in [5, 5.41) is 3.64. The zero-order valence-electron chi connectivity index (χ0n) is 12.1. The van der Waals surface area contributed by atoms with Crippen LogP contribution in [-0.4, -0.2) is 40.4 Å². The van der Waals surface area contributed by atoms with Crippen molar-refractivity contribution < 1.29 is 4.79 Å². The molecule has 0 spiro atoms. The Morgan fingerprint density at radius 1 is 1.25 bits per heavy atom.